The maximum atomic E-state index is 9.77. The van der Waals surface area contributed by atoms with Gasteiger partial charge in [-0.05, 0) is 32.9 Å². The molecular formula is C13H20O4. The third-order valence-electron chi connectivity index (χ3n) is 2.19. The minimum Gasteiger partial charge on any atom is -0.504 e. The molecular weight excluding hydrogens is 220 g/mol. The van der Waals surface area contributed by atoms with Gasteiger partial charge in [0.1, 0.15) is 0 Å². The molecule has 0 saturated heterocycles. The SMILES string of the molecule is CCOc1ccc(C(OCC)OCC)cc1O. The Morgan fingerprint density at radius 3 is 2.18 bits per heavy atom. The van der Waals surface area contributed by atoms with E-state index >= 15 is 0 Å². The second kappa shape index (κ2) is 7.14. The van der Waals surface area contributed by atoms with Crippen molar-refractivity contribution >= 4 is 0 Å². The fourth-order valence-electron chi connectivity index (χ4n) is 1.50. The summed E-state index contributed by atoms with van der Waals surface area (Å²) in [6.07, 6.45) is -0.438. The molecule has 0 aliphatic heterocycles. The highest BCUT2D eigenvalue weighted by Gasteiger charge is 2.13. The predicted molar refractivity (Wildman–Crippen MR) is 65.3 cm³/mol. The maximum Gasteiger partial charge on any atom is 0.183 e. The molecule has 1 N–H and O–H groups in total. The van der Waals surface area contributed by atoms with Crippen molar-refractivity contribution in [2.24, 2.45) is 0 Å². The first kappa shape index (κ1) is 13.8. The number of benzene rings is 1. The van der Waals surface area contributed by atoms with Gasteiger partial charge in [0, 0.05) is 18.8 Å². The van der Waals surface area contributed by atoms with Crippen LogP contribution in [-0.2, 0) is 9.47 Å². The fraction of sp³-hybridized carbons (Fsp3) is 0.538. The van der Waals surface area contributed by atoms with Crippen LogP contribution in [0.2, 0.25) is 0 Å². The lowest BCUT2D eigenvalue weighted by atomic mass is 10.2. The van der Waals surface area contributed by atoms with Crippen LogP contribution in [0.15, 0.2) is 18.2 Å². The molecule has 0 fully saturated rings. The molecule has 0 spiro atoms. The number of aromatic hydroxyl groups is 1. The molecule has 1 aromatic carbocycles. The van der Waals surface area contributed by atoms with E-state index in [0.717, 1.165) is 5.56 Å². The molecule has 1 aromatic rings. The lowest BCUT2D eigenvalue weighted by Gasteiger charge is -2.18. The average molecular weight is 240 g/mol. The minimum absolute atomic E-state index is 0.105. The van der Waals surface area contributed by atoms with Crippen LogP contribution < -0.4 is 4.74 Å². The molecule has 1 rings (SSSR count). The van der Waals surface area contributed by atoms with Crippen LogP contribution in [0.5, 0.6) is 11.5 Å². The van der Waals surface area contributed by atoms with Gasteiger partial charge in [0.2, 0.25) is 0 Å². The van der Waals surface area contributed by atoms with Gasteiger partial charge in [-0.1, -0.05) is 6.07 Å². The first-order valence-electron chi connectivity index (χ1n) is 5.91. The second-order valence-electron chi connectivity index (χ2n) is 3.40. The van der Waals surface area contributed by atoms with Gasteiger partial charge in [-0.2, -0.15) is 0 Å². The van der Waals surface area contributed by atoms with Gasteiger partial charge in [0.05, 0.1) is 6.61 Å². The summed E-state index contributed by atoms with van der Waals surface area (Å²) in [6, 6.07) is 5.17. The highest BCUT2D eigenvalue weighted by atomic mass is 16.7. The highest BCUT2D eigenvalue weighted by Crippen LogP contribution is 2.30. The van der Waals surface area contributed by atoms with Gasteiger partial charge < -0.3 is 19.3 Å². The Morgan fingerprint density at radius 1 is 1.06 bits per heavy atom. The highest BCUT2D eigenvalue weighted by molar-refractivity contribution is 5.42. The summed E-state index contributed by atoms with van der Waals surface area (Å²) >= 11 is 0. The molecule has 0 aromatic heterocycles. The summed E-state index contributed by atoms with van der Waals surface area (Å²) in [5, 5.41) is 9.77. The van der Waals surface area contributed by atoms with Gasteiger partial charge in [-0.15, -0.1) is 0 Å². The van der Waals surface area contributed by atoms with E-state index in [1.165, 1.54) is 0 Å². The number of hydrogen-bond acceptors (Lipinski definition) is 4. The molecule has 17 heavy (non-hydrogen) atoms. The van der Waals surface area contributed by atoms with Crippen LogP contribution in [0.4, 0.5) is 0 Å². The van der Waals surface area contributed by atoms with E-state index in [-0.39, 0.29) is 5.75 Å². The van der Waals surface area contributed by atoms with Gasteiger partial charge in [-0.25, -0.2) is 0 Å². The standard InChI is InChI=1S/C13H20O4/c1-4-15-12-8-7-10(9-11(12)14)13(16-5-2)17-6-3/h7-9,13-14H,4-6H2,1-3H3. The zero-order chi connectivity index (χ0) is 12.7. The molecule has 0 radical (unpaired) electrons. The Labute approximate surface area is 102 Å². The molecule has 0 unspecified atom stereocenters. The quantitative estimate of drug-likeness (QED) is 0.744. The molecule has 0 bridgehead atoms. The summed E-state index contributed by atoms with van der Waals surface area (Å²) < 4.78 is 16.2. The summed E-state index contributed by atoms with van der Waals surface area (Å²) in [4.78, 5) is 0. The summed E-state index contributed by atoms with van der Waals surface area (Å²) in [5.74, 6) is 0.580. The van der Waals surface area contributed by atoms with E-state index in [4.69, 9.17) is 14.2 Å². The van der Waals surface area contributed by atoms with Crippen LogP contribution >= 0.6 is 0 Å². The Kier molecular flexibility index (Phi) is 5.80. The summed E-state index contributed by atoms with van der Waals surface area (Å²) in [6.45, 7) is 7.31. The van der Waals surface area contributed by atoms with Crippen molar-refractivity contribution in [3.63, 3.8) is 0 Å². The Balaban J connectivity index is 2.85. The topological polar surface area (TPSA) is 47.9 Å². The molecule has 4 nitrogen and oxygen atoms in total. The zero-order valence-electron chi connectivity index (χ0n) is 10.6. The van der Waals surface area contributed by atoms with E-state index in [0.29, 0.717) is 25.6 Å². The van der Waals surface area contributed by atoms with Crippen molar-refractivity contribution in [1.82, 2.24) is 0 Å². The van der Waals surface area contributed by atoms with Crippen molar-refractivity contribution in [3.8, 4) is 11.5 Å². The largest absolute Gasteiger partial charge is 0.504 e. The molecule has 0 atom stereocenters. The predicted octanol–water partition coefficient (Wildman–Crippen LogP) is 2.86. The molecule has 0 saturated carbocycles. The van der Waals surface area contributed by atoms with Crippen LogP contribution in [0.3, 0.4) is 0 Å². The van der Waals surface area contributed by atoms with Crippen LogP contribution in [0.25, 0.3) is 0 Å². The zero-order valence-corrected chi connectivity index (χ0v) is 10.6. The number of ether oxygens (including phenoxy) is 3. The van der Waals surface area contributed by atoms with Crippen molar-refractivity contribution in [3.05, 3.63) is 23.8 Å². The first-order chi connectivity index (χ1) is 8.22. The fourth-order valence-corrected chi connectivity index (χ4v) is 1.50. The molecule has 0 aliphatic carbocycles. The molecule has 96 valence electrons. The van der Waals surface area contributed by atoms with E-state index in [1.54, 1.807) is 12.1 Å². The van der Waals surface area contributed by atoms with Gasteiger partial charge >= 0.3 is 0 Å². The first-order valence-corrected chi connectivity index (χ1v) is 5.91. The third kappa shape index (κ3) is 3.91. The van der Waals surface area contributed by atoms with E-state index in [2.05, 4.69) is 0 Å². The molecule has 0 amide bonds. The Morgan fingerprint density at radius 2 is 1.71 bits per heavy atom. The van der Waals surface area contributed by atoms with Gasteiger partial charge in [0.15, 0.2) is 17.8 Å². The lowest BCUT2D eigenvalue weighted by molar-refractivity contribution is -0.140. The van der Waals surface area contributed by atoms with Gasteiger partial charge in [-0.3, -0.25) is 0 Å². The molecule has 4 heteroatoms. The molecule has 0 aliphatic rings. The summed E-state index contributed by atoms with van der Waals surface area (Å²) in [7, 11) is 0. The third-order valence-corrected chi connectivity index (χ3v) is 2.19. The minimum atomic E-state index is -0.438. The monoisotopic (exact) mass is 240 g/mol. The van der Waals surface area contributed by atoms with Crippen molar-refractivity contribution < 1.29 is 19.3 Å². The smallest absolute Gasteiger partial charge is 0.183 e. The maximum absolute atomic E-state index is 9.77. The normalized spacial score (nSPS) is 10.8. The van der Waals surface area contributed by atoms with Gasteiger partial charge in [0.25, 0.3) is 0 Å². The lowest BCUT2D eigenvalue weighted by Crippen LogP contribution is -2.08. The average Bonchev–Trinajstić information content (AvgIpc) is 2.32. The van der Waals surface area contributed by atoms with Crippen LogP contribution in [-0.4, -0.2) is 24.9 Å². The van der Waals surface area contributed by atoms with E-state index in [9.17, 15) is 5.11 Å². The number of rotatable bonds is 7. The van der Waals surface area contributed by atoms with Crippen molar-refractivity contribution in [2.75, 3.05) is 19.8 Å². The van der Waals surface area contributed by atoms with Crippen molar-refractivity contribution in [1.29, 1.82) is 0 Å². The number of phenols is 1. The number of hydrogen-bond donors (Lipinski definition) is 1. The van der Waals surface area contributed by atoms with E-state index in [1.807, 2.05) is 26.8 Å². The van der Waals surface area contributed by atoms with Crippen LogP contribution in [0.1, 0.15) is 32.6 Å². The Bertz CT molecular complexity index is 332. The van der Waals surface area contributed by atoms with Crippen LogP contribution in [0, 0.1) is 0 Å². The van der Waals surface area contributed by atoms with E-state index < -0.39 is 6.29 Å². The number of phenolic OH excluding ortho intramolecular Hbond substituents is 1. The Hall–Kier alpha value is -1.26. The second-order valence-corrected chi connectivity index (χ2v) is 3.40. The van der Waals surface area contributed by atoms with Crippen molar-refractivity contribution in [2.45, 2.75) is 27.1 Å². The summed E-state index contributed by atoms with van der Waals surface area (Å²) in [5.41, 5.74) is 0.787. The molecule has 0 heterocycles.